The molecule has 0 aromatic carbocycles. The molecule has 0 N–H and O–H groups in total. The van der Waals surface area contributed by atoms with Crippen molar-refractivity contribution in [3.63, 3.8) is 0 Å². The molecule has 0 bridgehead atoms. The Morgan fingerprint density at radius 3 is 2.62 bits per heavy atom. The number of piperidine rings is 1. The van der Waals surface area contributed by atoms with Gasteiger partial charge >= 0.3 is 0 Å². The second-order valence-electron chi connectivity index (χ2n) is 4.24. The molecular weight excluding hydrogens is 242 g/mol. The zero-order valence-electron chi connectivity index (χ0n) is 9.41. The minimum absolute atomic E-state index is 0.00461. The van der Waals surface area contributed by atoms with Crippen LogP contribution in [0.5, 0.6) is 0 Å². The predicted octanol–water partition coefficient (Wildman–Crippen LogP) is 3.46. The van der Waals surface area contributed by atoms with Crippen molar-refractivity contribution < 1.29 is 4.79 Å². The third kappa shape index (κ3) is 2.65. The minimum Gasteiger partial charge on any atom is -0.293 e. The average Bonchev–Trinajstić information content (AvgIpc) is 2.75. The first kappa shape index (κ1) is 12.1. The van der Waals surface area contributed by atoms with Crippen LogP contribution in [0, 0.1) is 0 Å². The molecule has 1 aliphatic heterocycles. The minimum atomic E-state index is -0.00461. The van der Waals surface area contributed by atoms with Gasteiger partial charge in [0.2, 0.25) is 0 Å². The number of hydrogen-bond acceptors (Lipinski definition) is 3. The van der Waals surface area contributed by atoms with Gasteiger partial charge in [-0.15, -0.1) is 11.3 Å². The first-order valence-corrected chi connectivity index (χ1v) is 6.91. The lowest BCUT2D eigenvalue weighted by Gasteiger charge is -2.31. The van der Waals surface area contributed by atoms with Crippen LogP contribution in [-0.4, -0.2) is 29.8 Å². The summed E-state index contributed by atoms with van der Waals surface area (Å²) in [6.45, 7) is 4.10. The molecule has 1 unspecified atom stereocenters. The lowest BCUT2D eigenvalue weighted by Crippen LogP contribution is -2.41. The summed E-state index contributed by atoms with van der Waals surface area (Å²) >= 11 is 7.23. The largest absolute Gasteiger partial charge is 0.293 e. The quantitative estimate of drug-likeness (QED) is 0.773. The number of Topliss-reactive ketones (excluding diaryl/α,β-unsaturated/α-hetero) is 1. The maximum atomic E-state index is 12.2. The Bertz CT molecular complexity index is 371. The molecule has 2 heterocycles. The van der Waals surface area contributed by atoms with Gasteiger partial charge in [0.1, 0.15) is 0 Å². The highest BCUT2D eigenvalue weighted by Gasteiger charge is 2.24. The van der Waals surface area contributed by atoms with Crippen molar-refractivity contribution in [2.75, 3.05) is 13.1 Å². The Labute approximate surface area is 105 Å². The molecule has 0 radical (unpaired) electrons. The van der Waals surface area contributed by atoms with E-state index in [0.29, 0.717) is 4.34 Å². The fourth-order valence-corrected chi connectivity index (χ4v) is 3.19. The molecule has 1 aromatic rings. The number of rotatable bonds is 3. The van der Waals surface area contributed by atoms with Crippen LogP contribution in [0.2, 0.25) is 4.34 Å². The van der Waals surface area contributed by atoms with Gasteiger partial charge in [-0.25, -0.2) is 0 Å². The monoisotopic (exact) mass is 257 g/mol. The van der Waals surface area contributed by atoms with E-state index in [1.165, 1.54) is 30.6 Å². The van der Waals surface area contributed by atoms with Gasteiger partial charge in [-0.05, 0) is 45.0 Å². The average molecular weight is 258 g/mol. The molecule has 0 saturated carbocycles. The summed E-state index contributed by atoms with van der Waals surface area (Å²) in [5.41, 5.74) is 0. The third-order valence-electron chi connectivity index (χ3n) is 3.13. The van der Waals surface area contributed by atoms with Gasteiger partial charge < -0.3 is 0 Å². The van der Waals surface area contributed by atoms with Crippen LogP contribution >= 0.6 is 22.9 Å². The van der Waals surface area contributed by atoms with E-state index in [1.54, 1.807) is 6.07 Å². The summed E-state index contributed by atoms with van der Waals surface area (Å²) in [5, 5.41) is 0. The van der Waals surface area contributed by atoms with Crippen molar-refractivity contribution in [2.24, 2.45) is 0 Å². The van der Waals surface area contributed by atoms with Gasteiger partial charge in [0.15, 0.2) is 5.78 Å². The fourth-order valence-electron chi connectivity index (χ4n) is 2.12. The number of thiophene rings is 1. The summed E-state index contributed by atoms with van der Waals surface area (Å²) in [6, 6.07) is 3.62. The molecule has 1 saturated heterocycles. The van der Waals surface area contributed by atoms with Crippen LogP contribution in [0.1, 0.15) is 35.9 Å². The third-order valence-corrected chi connectivity index (χ3v) is 4.38. The van der Waals surface area contributed by atoms with E-state index in [1.807, 2.05) is 13.0 Å². The first-order valence-electron chi connectivity index (χ1n) is 5.72. The second kappa shape index (κ2) is 5.30. The van der Waals surface area contributed by atoms with Gasteiger partial charge in [0.05, 0.1) is 15.3 Å². The highest BCUT2D eigenvalue weighted by atomic mass is 35.5. The molecule has 4 heteroatoms. The SMILES string of the molecule is CC(C(=O)c1ccc(Cl)s1)N1CCCCC1. The molecule has 88 valence electrons. The van der Waals surface area contributed by atoms with E-state index in [-0.39, 0.29) is 11.8 Å². The van der Waals surface area contributed by atoms with Crippen LogP contribution < -0.4 is 0 Å². The molecule has 2 nitrogen and oxygen atoms in total. The number of ketones is 1. The molecule has 2 rings (SSSR count). The smallest absolute Gasteiger partial charge is 0.189 e. The summed E-state index contributed by atoms with van der Waals surface area (Å²) < 4.78 is 0.689. The van der Waals surface area contributed by atoms with Crippen LogP contribution in [0.15, 0.2) is 12.1 Å². The summed E-state index contributed by atoms with van der Waals surface area (Å²) in [5.74, 6) is 0.207. The van der Waals surface area contributed by atoms with Crippen LogP contribution in [0.4, 0.5) is 0 Å². The van der Waals surface area contributed by atoms with Crippen molar-refractivity contribution in [3.8, 4) is 0 Å². The molecule has 1 atom stereocenters. The van der Waals surface area contributed by atoms with Gasteiger partial charge in [-0.2, -0.15) is 0 Å². The lowest BCUT2D eigenvalue weighted by molar-refractivity contribution is 0.0813. The molecule has 1 aromatic heterocycles. The van der Waals surface area contributed by atoms with Crippen molar-refractivity contribution in [1.29, 1.82) is 0 Å². The normalized spacial score (nSPS) is 19.6. The van der Waals surface area contributed by atoms with Crippen molar-refractivity contribution >= 4 is 28.7 Å². The number of carbonyl (C=O) groups excluding carboxylic acids is 1. The Morgan fingerprint density at radius 2 is 2.06 bits per heavy atom. The highest BCUT2D eigenvalue weighted by molar-refractivity contribution is 7.18. The highest BCUT2D eigenvalue weighted by Crippen LogP contribution is 2.24. The molecular formula is C12H16ClNOS. The topological polar surface area (TPSA) is 20.3 Å². The summed E-state index contributed by atoms with van der Waals surface area (Å²) in [7, 11) is 0. The van der Waals surface area contributed by atoms with E-state index in [0.717, 1.165) is 18.0 Å². The number of hydrogen-bond donors (Lipinski definition) is 0. The Balaban J connectivity index is 2.03. The van der Waals surface area contributed by atoms with Crippen LogP contribution in [-0.2, 0) is 0 Å². The zero-order valence-corrected chi connectivity index (χ0v) is 11.0. The van der Waals surface area contributed by atoms with Crippen molar-refractivity contribution in [3.05, 3.63) is 21.3 Å². The molecule has 16 heavy (non-hydrogen) atoms. The van der Waals surface area contributed by atoms with Crippen molar-refractivity contribution in [2.45, 2.75) is 32.2 Å². The van der Waals surface area contributed by atoms with Gasteiger partial charge in [0, 0.05) is 0 Å². The first-order chi connectivity index (χ1) is 7.68. The lowest BCUT2D eigenvalue weighted by atomic mass is 10.1. The van der Waals surface area contributed by atoms with E-state index in [4.69, 9.17) is 11.6 Å². The Kier molecular flexibility index (Phi) is 4.00. The van der Waals surface area contributed by atoms with Gasteiger partial charge in [0.25, 0.3) is 0 Å². The fraction of sp³-hybridized carbons (Fsp3) is 0.583. The van der Waals surface area contributed by atoms with Crippen LogP contribution in [0.25, 0.3) is 0 Å². The Hall–Kier alpha value is -0.380. The summed E-state index contributed by atoms with van der Waals surface area (Å²) in [6.07, 6.45) is 3.72. The molecule has 1 aliphatic rings. The standard InChI is InChI=1S/C12H16ClNOS/c1-9(14-7-3-2-4-8-14)12(15)10-5-6-11(13)16-10/h5-6,9H,2-4,7-8H2,1H3. The van der Waals surface area contributed by atoms with E-state index < -0.39 is 0 Å². The van der Waals surface area contributed by atoms with Crippen molar-refractivity contribution in [1.82, 2.24) is 4.90 Å². The molecule has 1 fully saturated rings. The van der Waals surface area contributed by atoms with E-state index in [9.17, 15) is 4.79 Å². The van der Waals surface area contributed by atoms with Crippen LogP contribution in [0.3, 0.4) is 0 Å². The number of carbonyl (C=O) groups is 1. The zero-order chi connectivity index (χ0) is 11.5. The van der Waals surface area contributed by atoms with E-state index in [2.05, 4.69) is 4.90 Å². The van der Waals surface area contributed by atoms with Gasteiger partial charge in [-0.3, -0.25) is 9.69 Å². The molecule has 0 spiro atoms. The molecule has 0 aliphatic carbocycles. The summed E-state index contributed by atoms with van der Waals surface area (Å²) in [4.78, 5) is 15.2. The molecule has 0 amide bonds. The predicted molar refractivity (Wildman–Crippen MR) is 68.5 cm³/mol. The number of nitrogens with zero attached hydrogens (tertiary/aromatic N) is 1. The van der Waals surface area contributed by atoms with Gasteiger partial charge in [-0.1, -0.05) is 18.0 Å². The maximum Gasteiger partial charge on any atom is 0.189 e. The van der Waals surface area contributed by atoms with E-state index >= 15 is 0 Å². The second-order valence-corrected chi connectivity index (χ2v) is 5.96. The number of halogens is 1. The maximum absolute atomic E-state index is 12.2. The number of likely N-dealkylation sites (tertiary alicyclic amines) is 1. The Morgan fingerprint density at radius 1 is 1.38 bits per heavy atom.